The fraction of sp³-hybridized carbons (Fsp3) is 0.810. The molecule has 30 heavy (non-hydrogen) atoms. The van der Waals surface area contributed by atoms with E-state index in [2.05, 4.69) is 15.3 Å². The Hall–Kier alpha value is -1.74. The molecule has 3 aliphatic heterocycles. The van der Waals surface area contributed by atoms with E-state index in [0.29, 0.717) is 25.3 Å². The Kier molecular flexibility index (Phi) is 6.29. The van der Waals surface area contributed by atoms with E-state index < -0.39 is 12.5 Å². The molecular formula is C21H33F2N5O2. The first-order valence-corrected chi connectivity index (χ1v) is 11.1. The van der Waals surface area contributed by atoms with Crippen LogP contribution in [0.1, 0.15) is 44.8 Å². The summed E-state index contributed by atoms with van der Waals surface area (Å²) in [7, 11) is 0. The molecule has 0 aliphatic carbocycles. The first-order valence-electron chi connectivity index (χ1n) is 11.1. The number of anilines is 1. The highest BCUT2D eigenvalue weighted by molar-refractivity contribution is 5.78. The van der Waals surface area contributed by atoms with Crippen LogP contribution in [0.5, 0.6) is 0 Å². The number of morpholine rings is 1. The molecule has 2 fully saturated rings. The van der Waals surface area contributed by atoms with Crippen molar-refractivity contribution in [2.45, 2.75) is 70.8 Å². The van der Waals surface area contributed by atoms with Crippen molar-refractivity contribution in [3.05, 3.63) is 11.8 Å². The van der Waals surface area contributed by atoms with Crippen LogP contribution in [-0.4, -0.2) is 82.9 Å². The van der Waals surface area contributed by atoms with Gasteiger partial charge in [-0.15, -0.1) is 0 Å². The van der Waals surface area contributed by atoms with Gasteiger partial charge >= 0.3 is 0 Å². The number of aromatic nitrogens is 2. The second-order valence-corrected chi connectivity index (χ2v) is 9.20. The number of ether oxygens (including phenoxy) is 1. The van der Waals surface area contributed by atoms with Gasteiger partial charge in [-0.25, -0.2) is 13.5 Å². The maximum Gasteiger partial charge on any atom is 0.260 e. The molecule has 3 aliphatic rings. The lowest BCUT2D eigenvalue weighted by molar-refractivity contribution is -0.137. The highest BCUT2D eigenvalue weighted by Gasteiger charge is 2.39. The summed E-state index contributed by atoms with van der Waals surface area (Å²) < 4.78 is 34.6. The fourth-order valence-corrected chi connectivity index (χ4v) is 5.28. The predicted molar refractivity (Wildman–Crippen MR) is 110 cm³/mol. The number of aryl methyl sites for hydroxylation is 1. The second kappa shape index (κ2) is 8.78. The molecule has 0 saturated carbocycles. The van der Waals surface area contributed by atoms with Gasteiger partial charge in [-0.2, -0.15) is 5.10 Å². The molecule has 1 aromatic rings. The topological polar surface area (TPSA) is 62.6 Å². The van der Waals surface area contributed by atoms with Crippen LogP contribution in [0.2, 0.25) is 0 Å². The van der Waals surface area contributed by atoms with Crippen LogP contribution < -0.4 is 5.32 Å². The van der Waals surface area contributed by atoms with Crippen molar-refractivity contribution in [3.63, 3.8) is 0 Å². The summed E-state index contributed by atoms with van der Waals surface area (Å²) in [6.07, 6.45) is -0.0300. The largest absolute Gasteiger partial charge is 0.373 e. The number of hydrogen-bond donors (Lipinski definition) is 1. The monoisotopic (exact) mass is 425 g/mol. The normalized spacial score (nSPS) is 32.7. The summed E-state index contributed by atoms with van der Waals surface area (Å²) in [4.78, 5) is 17.1. The molecule has 2 saturated heterocycles. The van der Waals surface area contributed by atoms with E-state index in [9.17, 15) is 13.6 Å². The van der Waals surface area contributed by atoms with Crippen LogP contribution in [0, 0.1) is 12.8 Å². The van der Waals surface area contributed by atoms with E-state index in [0.717, 1.165) is 38.2 Å². The number of nitrogens with zero attached hydrogens (tertiary/aromatic N) is 4. The Bertz CT molecular complexity index is 748. The number of piperidine rings is 1. The minimum absolute atomic E-state index is 0.0772. The van der Waals surface area contributed by atoms with Crippen molar-refractivity contribution >= 4 is 11.7 Å². The van der Waals surface area contributed by atoms with Gasteiger partial charge in [0.15, 0.2) is 0 Å². The molecule has 1 amide bonds. The second-order valence-electron chi connectivity index (χ2n) is 9.20. The van der Waals surface area contributed by atoms with E-state index in [1.165, 1.54) is 4.68 Å². The predicted octanol–water partition coefficient (Wildman–Crippen LogP) is 2.53. The van der Waals surface area contributed by atoms with Gasteiger partial charge in [0.2, 0.25) is 5.91 Å². The standard InChI is InChI=1S/C21H33F2N5O2/c1-13-7-19-24-17(8-18(21(22)23)28(19)25-13)16-5-4-6-27(11-16)20(29)12-26-9-14(2)30-15(3)10-26/h7,14-18,21,24H,4-6,8-12H2,1-3H3/t14?,15?,16?,17-,18+/m0/s1. The Labute approximate surface area is 176 Å². The Morgan fingerprint density at radius 1 is 1.30 bits per heavy atom. The summed E-state index contributed by atoms with van der Waals surface area (Å²) >= 11 is 0. The first-order chi connectivity index (χ1) is 14.3. The lowest BCUT2D eigenvalue weighted by Gasteiger charge is -2.42. The number of alkyl halides is 2. The number of halogens is 2. The van der Waals surface area contributed by atoms with Gasteiger partial charge in [-0.05, 0) is 46.0 Å². The zero-order valence-corrected chi connectivity index (χ0v) is 18.1. The number of hydrogen-bond acceptors (Lipinski definition) is 5. The van der Waals surface area contributed by atoms with Crippen molar-refractivity contribution in [1.82, 2.24) is 19.6 Å². The van der Waals surface area contributed by atoms with Crippen LogP contribution in [0.4, 0.5) is 14.6 Å². The van der Waals surface area contributed by atoms with Gasteiger partial charge < -0.3 is 15.0 Å². The van der Waals surface area contributed by atoms with E-state index in [1.807, 2.05) is 31.7 Å². The summed E-state index contributed by atoms with van der Waals surface area (Å²) in [5.74, 6) is 0.951. The third-order valence-electron chi connectivity index (χ3n) is 6.53. The summed E-state index contributed by atoms with van der Waals surface area (Å²) in [5, 5.41) is 7.67. The average Bonchev–Trinajstić information content (AvgIpc) is 3.06. The lowest BCUT2D eigenvalue weighted by atomic mass is 9.86. The molecule has 0 spiro atoms. The van der Waals surface area contributed by atoms with Gasteiger partial charge in [0.25, 0.3) is 6.43 Å². The molecule has 9 heteroatoms. The van der Waals surface area contributed by atoms with Gasteiger partial charge in [0.05, 0.1) is 24.4 Å². The van der Waals surface area contributed by atoms with E-state index in [-0.39, 0.29) is 30.1 Å². The number of carbonyl (C=O) groups is 1. The van der Waals surface area contributed by atoms with E-state index in [1.54, 1.807) is 0 Å². The van der Waals surface area contributed by atoms with Crippen LogP contribution in [-0.2, 0) is 9.53 Å². The zero-order chi connectivity index (χ0) is 21.4. The quantitative estimate of drug-likeness (QED) is 0.803. The van der Waals surface area contributed by atoms with Crippen LogP contribution in [0.25, 0.3) is 0 Å². The Morgan fingerprint density at radius 3 is 2.73 bits per heavy atom. The minimum Gasteiger partial charge on any atom is -0.373 e. The third kappa shape index (κ3) is 4.61. The molecule has 0 radical (unpaired) electrons. The van der Waals surface area contributed by atoms with Gasteiger partial charge in [-0.1, -0.05) is 0 Å². The van der Waals surface area contributed by atoms with Crippen molar-refractivity contribution in [3.8, 4) is 0 Å². The number of amides is 1. The number of carbonyl (C=O) groups excluding carboxylic acids is 1. The van der Waals surface area contributed by atoms with Gasteiger partial charge in [0, 0.05) is 38.3 Å². The molecule has 1 N–H and O–H groups in total. The number of rotatable bonds is 4. The molecular weight excluding hydrogens is 392 g/mol. The van der Waals surface area contributed by atoms with Crippen molar-refractivity contribution < 1.29 is 18.3 Å². The third-order valence-corrected chi connectivity index (χ3v) is 6.53. The number of fused-ring (bicyclic) bond motifs is 1. The summed E-state index contributed by atoms with van der Waals surface area (Å²) in [6.45, 7) is 9.17. The SMILES string of the molecule is Cc1cc2n(n1)[C@@H](C(F)F)C[C@@H](C1CCCN(C(=O)CN3CC(C)OC(C)C3)C1)N2. The molecule has 0 aromatic carbocycles. The van der Waals surface area contributed by atoms with Crippen molar-refractivity contribution in [2.24, 2.45) is 5.92 Å². The molecule has 4 heterocycles. The highest BCUT2D eigenvalue weighted by atomic mass is 19.3. The summed E-state index contributed by atoms with van der Waals surface area (Å²) in [5.41, 5.74) is 0.734. The highest BCUT2D eigenvalue weighted by Crippen LogP contribution is 2.36. The Balaban J connectivity index is 1.39. The van der Waals surface area contributed by atoms with Crippen LogP contribution in [0.15, 0.2) is 6.07 Å². The molecule has 5 atom stereocenters. The van der Waals surface area contributed by atoms with Crippen LogP contribution in [0.3, 0.4) is 0 Å². The van der Waals surface area contributed by atoms with Crippen molar-refractivity contribution in [1.29, 1.82) is 0 Å². The minimum atomic E-state index is -2.46. The van der Waals surface area contributed by atoms with Gasteiger partial charge in [0.1, 0.15) is 11.9 Å². The van der Waals surface area contributed by atoms with Gasteiger partial charge in [-0.3, -0.25) is 9.69 Å². The summed E-state index contributed by atoms with van der Waals surface area (Å²) in [6, 6.07) is 0.836. The number of nitrogens with one attached hydrogen (secondary N) is 1. The molecule has 1 aromatic heterocycles. The average molecular weight is 426 g/mol. The molecule has 168 valence electrons. The maximum atomic E-state index is 13.7. The smallest absolute Gasteiger partial charge is 0.260 e. The molecule has 0 bridgehead atoms. The maximum absolute atomic E-state index is 13.7. The first kappa shape index (κ1) is 21.5. The Morgan fingerprint density at radius 2 is 2.03 bits per heavy atom. The molecule has 7 nitrogen and oxygen atoms in total. The zero-order valence-electron chi connectivity index (χ0n) is 18.1. The molecule has 4 rings (SSSR count). The van der Waals surface area contributed by atoms with E-state index >= 15 is 0 Å². The lowest BCUT2D eigenvalue weighted by Crippen LogP contribution is -2.53. The van der Waals surface area contributed by atoms with Crippen molar-refractivity contribution in [2.75, 3.05) is 38.0 Å². The van der Waals surface area contributed by atoms with E-state index in [4.69, 9.17) is 4.74 Å². The number of likely N-dealkylation sites (tertiary alicyclic amines) is 1. The van der Waals surface area contributed by atoms with Crippen LogP contribution >= 0.6 is 0 Å². The fourth-order valence-electron chi connectivity index (χ4n) is 5.28. The molecule has 3 unspecified atom stereocenters.